The lowest BCUT2D eigenvalue weighted by Crippen LogP contribution is -2.43. The van der Waals surface area contributed by atoms with Crippen molar-refractivity contribution in [1.82, 2.24) is 14.9 Å². The average molecular weight is 367 g/mol. The number of aryl methyl sites for hydroxylation is 1. The molecule has 0 saturated heterocycles. The maximum Gasteiger partial charge on any atom is 0.425 e. The van der Waals surface area contributed by atoms with Crippen molar-refractivity contribution in [3.8, 4) is 0 Å². The van der Waals surface area contributed by atoms with Gasteiger partial charge in [-0.15, -0.1) is 21.5 Å². The molecule has 0 amide bonds. The molecule has 23 heavy (non-hydrogen) atoms. The van der Waals surface area contributed by atoms with Gasteiger partial charge < -0.3 is 4.42 Å². The highest BCUT2D eigenvalue weighted by atomic mass is 32.2. The van der Waals surface area contributed by atoms with Gasteiger partial charge in [-0.2, -0.15) is 13.2 Å². The van der Waals surface area contributed by atoms with Crippen LogP contribution >= 0.6 is 11.3 Å². The zero-order valence-electron chi connectivity index (χ0n) is 11.8. The van der Waals surface area contributed by atoms with Crippen LogP contribution in [0, 0.1) is 6.92 Å². The fourth-order valence-corrected chi connectivity index (χ4v) is 4.74. The summed E-state index contributed by atoms with van der Waals surface area (Å²) < 4.78 is 69.2. The van der Waals surface area contributed by atoms with E-state index in [0.29, 0.717) is 24.6 Å². The third kappa shape index (κ3) is 3.40. The SMILES string of the molecule is Cc1nnc(C2CC(NS(=O)(=O)c3ccc(C(F)(F)F)s3)C2)o1. The number of aromatic nitrogens is 2. The molecule has 0 atom stereocenters. The first kappa shape index (κ1) is 16.4. The minimum atomic E-state index is -4.55. The lowest BCUT2D eigenvalue weighted by Gasteiger charge is -2.32. The van der Waals surface area contributed by atoms with Gasteiger partial charge in [-0.25, -0.2) is 13.1 Å². The van der Waals surface area contributed by atoms with Crippen molar-refractivity contribution in [2.45, 2.75) is 42.1 Å². The molecular formula is C12H12F3N3O3S2. The summed E-state index contributed by atoms with van der Waals surface area (Å²) in [5, 5.41) is 7.57. The Hall–Kier alpha value is -1.46. The Kier molecular flexibility index (Phi) is 3.97. The maximum absolute atomic E-state index is 12.5. The number of nitrogens with zero attached hydrogens (tertiary/aromatic N) is 2. The smallest absolute Gasteiger partial charge is 0.425 e. The lowest BCUT2D eigenvalue weighted by molar-refractivity contribution is -0.134. The van der Waals surface area contributed by atoms with Crippen molar-refractivity contribution in [3.63, 3.8) is 0 Å². The molecule has 6 nitrogen and oxygen atoms in total. The third-order valence-electron chi connectivity index (χ3n) is 3.48. The molecule has 0 radical (unpaired) electrons. The van der Waals surface area contributed by atoms with Crippen LogP contribution in [-0.4, -0.2) is 24.7 Å². The minimum Gasteiger partial charge on any atom is -0.425 e. The van der Waals surface area contributed by atoms with E-state index in [1.54, 1.807) is 6.92 Å². The van der Waals surface area contributed by atoms with E-state index in [9.17, 15) is 21.6 Å². The molecule has 3 rings (SSSR count). The van der Waals surface area contributed by atoms with Crippen LogP contribution in [0.1, 0.15) is 35.4 Å². The standard InChI is InChI=1S/C12H12F3N3O3S2/c1-6-16-17-11(21-6)7-4-8(5-7)18-23(19,20)10-3-2-9(22-10)12(13,14)15/h2-3,7-8,18H,4-5H2,1H3. The molecule has 0 unspecified atom stereocenters. The van der Waals surface area contributed by atoms with Crippen LogP contribution < -0.4 is 4.72 Å². The average Bonchev–Trinajstić information content (AvgIpc) is 3.01. The summed E-state index contributed by atoms with van der Waals surface area (Å²) in [6, 6.07) is 1.38. The highest BCUT2D eigenvalue weighted by Crippen LogP contribution is 2.39. The van der Waals surface area contributed by atoms with E-state index < -0.39 is 21.1 Å². The number of rotatable bonds is 4. The molecule has 1 fully saturated rings. The van der Waals surface area contributed by atoms with Crippen molar-refractivity contribution in [2.75, 3.05) is 0 Å². The molecule has 11 heteroatoms. The molecule has 1 aliphatic rings. The summed E-state index contributed by atoms with van der Waals surface area (Å²) >= 11 is 0.208. The number of hydrogen-bond acceptors (Lipinski definition) is 6. The van der Waals surface area contributed by atoms with Gasteiger partial charge in [0.05, 0.1) is 0 Å². The Morgan fingerprint density at radius 3 is 2.52 bits per heavy atom. The van der Waals surface area contributed by atoms with E-state index in [-0.39, 0.29) is 27.5 Å². The second kappa shape index (κ2) is 5.56. The molecular weight excluding hydrogens is 355 g/mol. The van der Waals surface area contributed by atoms with Crippen LogP contribution in [0.5, 0.6) is 0 Å². The number of halogens is 3. The number of alkyl halides is 3. The van der Waals surface area contributed by atoms with Crippen molar-refractivity contribution in [1.29, 1.82) is 0 Å². The molecule has 0 aromatic carbocycles. The minimum absolute atomic E-state index is 0.0297. The van der Waals surface area contributed by atoms with Gasteiger partial charge in [0.25, 0.3) is 0 Å². The molecule has 0 spiro atoms. The van der Waals surface area contributed by atoms with Crippen molar-refractivity contribution in [2.24, 2.45) is 0 Å². The van der Waals surface area contributed by atoms with Crippen molar-refractivity contribution >= 4 is 21.4 Å². The first-order valence-corrected chi connectivity index (χ1v) is 8.94. The predicted molar refractivity (Wildman–Crippen MR) is 74.4 cm³/mol. The number of thiophene rings is 1. The molecule has 1 aliphatic carbocycles. The lowest BCUT2D eigenvalue weighted by atomic mass is 9.81. The topological polar surface area (TPSA) is 85.1 Å². The Morgan fingerprint density at radius 2 is 2.00 bits per heavy atom. The molecule has 126 valence electrons. The molecule has 0 bridgehead atoms. The summed E-state index contributed by atoms with van der Waals surface area (Å²) in [7, 11) is -3.96. The second-order valence-electron chi connectivity index (χ2n) is 5.26. The Balaban J connectivity index is 1.63. The van der Waals surface area contributed by atoms with Crippen LogP contribution in [0.15, 0.2) is 20.8 Å². The molecule has 2 heterocycles. The van der Waals surface area contributed by atoms with Crippen LogP contribution in [-0.2, 0) is 16.2 Å². The third-order valence-corrected chi connectivity index (χ3v) is 6.62. The fourth-order valence-electron chi connectivity index (χ4n) is 2.29. The Morgan fingerprint density at radius 1 is 1.30 bits per heavy atom. The van der Waals surface area contributed by atoms with Gasteiger partial charge in [-0.3, -0.25) is 0 Å². The van der Waals surface area contributed by atoms with E-state index in [4.69, 9.17) is 4.42 Å². The summed E-state index contributed by atoms with van der Waals surface area (Å²) in [6.45, 7) is 1.66. The number of nitrogens with one attached hydrogen (secondary N) is 1. The molecule has 2 aromatic rings. The quantitative estimate of drug-likeness (QED) is 0.898. The fraction of sp³-hybridized carbons (Fsp3) is 0.500. The van der Waals surface area contributed by atoms with Crippen molar-refractivity contribution < 1.29 is 26.0 Å². The van der Waals surface area contributed by atoms with Gasteiger partial charge in [-0.05, 0) is 25.0 Å². The monoisotopic (exact) mass is 367 g/mol. The van der Waals surface area contributed by atoms with Crippen molar-refractivity contribution in [3.05, 3.63) is 28.8 Å². The Labute approximate surface area is 133 Å². The van der Waals surface area contributed by atoms with E-state index in [1.165, 1.54) is 0 Å². The number of hydrogen-bond donors (Lipinski definition) is 1. The van der Waals surface area contributed by atoms with Gasteiger partial charge in [-0.1, -0.05) is 0 Å². The van der Waals surface area contributed by atoms with Gasteiger partial charge in [0.15, 0.2) is 0 Å². The van der Waals surface area contributed by atoms with E-state index in [2.05, 4.69) is 14.9 Å². The summed E-state index contributed by atoms with van der Waals surface area (Å²) in [4.78, 5) is -0.939. The second-order valence-corrected chi connectivity index (χ2v) is 8.29. The largest absolute Gasteiger partial charge is 0.425 e. The van der Waals surface area contributed by atoms with Gasteiger partial charge >= 0.3 is 6.18 Å². The normalized spacial score (nSPS) is 22.1. The maximum atomic E-state index is 12.5. The van der Waals surface area contributed by atoms with E-state index in [0.717, 1.165) is 12.1 Å². The van der Waals surface area contributed by atoms with Crippen LogP contribution in [0.25, 0.3) is 0 Å². The highest BCUT2D eigenvalue weighted by Gasteiger charge is 2.38. The predicted octanol–water partition coefficient (Wildman–Crippen LogP) is 2.68. The first-order valence-electron chi connectivity index (χ1n) is 6.64. The first-order chi connectivity index (χ1) is 10.6. The van der Waals surface area contributed by atoms with Crippen LogP contribution in [0.4, 0.5) is 13.2 Å². The summed E-state index contributed by atoms with van der Waals surface area (Å²) in [6.07, 6.45) is -3.60. The Bertz CT molecular complexity index is 807. The molecule has 1 N–H and O–H groups in total. The summed E-state index contributed by atoms with van der Waals surface area (Å²) in [5.74, 6) is 0.855. The van der Waals surface area contributed by atoms with Gasteiger partial charge in [0.2, 0.25) is 21.8 Å². The van der Waals surface area contributed by atoms with Gasteiger partial charge in [0.1, 0.15) is 9.09 Å². The van der Waals surface area contributed by atoms with Crippen LogP contribution in [0.2, 0.25) is 0 Å². The van der Waals surface area contributed by atoms with E-state index >= 15 is 0 Å². The summed E-state index contributed by atoms with van der Waals surface area (Å²) in [5.41, 5.74) is 0. The van der Waals surface area contributed by atoms with Crippen LogP contribution in [0.3, 0.4) is 0 Å². The van der Waals surface area contributed by atoms with E-state index in [1.807, 2.05) is 0 Å². The highest BCUT2D eigenvalue weighted by molar-refractivity contribution is 7.91. The van der Waals surface area contributed by atoms with Gasteiger partial charge in [0, 0.05) is 18.9 Å². The molecule has 2 aromatic heterocycles. The zero-order chi connectivity index (χ0) is 16.8. The number of sulfonamides is 1. The molecule has 1 saturated carbocycles. The zero-order valence-corrected chi connectivity index (χ0v) is 13.4. The molecule has 0 aliphatic heterocycles.